The minimum absolute atomic E-state index is 0.180. The van der Waals surface area contributed by atoms with Crippen LogP contribution >= 0.6 is 0 Å². The highest BCUT2D eigenvalue weighted by molar-refractivity contribution is 7.89. The second-order valence-electron chi connectivity index (χ2n) is 8.11. The molecule has 0 spiro atoms. The number of sulfonamides is 1. The summed E-state index contributed by atoms with van der Waals surface area (Å²) in [5.41, 5.74) is 2.72. The molecule has 9 heteroatoms. The Kier molecular flexibility index (Phi) is 5.91. The van der Waals surface area contributed by atoms with Crippen molar-refractivity contribution in [2.24, 2.45) is 0 Å². The summed E-state index contributed by atoms with van der Waals surface area (Å²) >= 11 is 0. The summed E-state index contributed by atoms with van der Waals surface area (Å²) in [5.74, 6) is 0.748. The predicted molar refractivity (Wildman–Crippen MR) is 131 cm³/mol. The lowest BCUT2D eigenvalue weighted by atomic mass is 10.0. The van der Waals surface area contributed by atoms with Crippen molar-refractivity contribution in [3.05, 3.63) is 72.3 Å². The van der Waals surface area contributed by atoms with E-state index < -0.39 is 10.0 Å². The topological polar surface area (TPSA) is 105 Å². The maximum atomic E-state index is 13.3. The van der Waals surface area contributed by atoms with Crippen molar-refractivity contribution >= 4 is 32.3 Å². The zero-order valence-electron chi connectivity index (χ0n) is 18.6. The molecule has 174 valence electrons. The summed E-state index contributed by atoms with van der Waals surface area (Å²) in [4.78, 5) is 0.268. The Balaban J connectivity index is 1.57. The minimum atomic E-state index is -3.66. The summed E-state index contributed by atoms with van der Waals surface area (Å²) < 4.78 is 33.5. The molecule has 1 fully saturated rings. The Morgan fingerprint density at radius 1 is 0.941 bits per heavy atom. The summed E-state index contributed by atoms with van der Waals surface area (Å²) in [7, 11) is -3.66. The van der Waals surface area contributed by atoms with Gasteiger partial charge in [-0.3, -0.25) is 0 Å². The Bertz CT molecular complexity index is 1450. The molecule has 1 aliphatic heterocycles. The fraction of sp³-hybridized carbons (Fsp3) is 0.200. The molecule has 4 aromatic rings. The van der Waals surface area contributed by atoms with Crippen LogP contribution in [0, 0.1) is 6.92 Å². The summed E-state index contributed by atoms with van der Waals surface area (Å²) in [6, 6.07) is 19.8. The van der Waals surface area contributed by atoms with Gasteiger partial charge in [-0.2, -0.15) is 4.31 Å². The van der Waals surface area contributed by atoms with Gasteiger partial charge in [0.15, 0.2) is 5.82 Å². The summed E-state index contributed by atoms with van der Waals surface area (Å²) in [5, 5.41) is 23.3. The van der Waals surface area contributed by atoms with Gasteiger partial charge < -0.3 is 15.2 Å². The highest BCUT2D eigenvalue weighted by atomic mass is 32.2. The van der Waals surface area contributed by atoms with Crippen LogP contribution in [0.25, 0.3) is 22.0 Å². The number of benzene rings is 3. The second-order valence-corrected chi connectivity index (χ2v) is 10.0. The minimum Gasteiger partial charge on any atom is -0.508 e. The van der Waals surface area contributed by atoms with Crippen LogP contribution in [-0.4, -0.2) is 54.3 Å². The summed E-state index contributed by atoms with van der Waals surface area (Å²) in [6.07, 6.45) is 0. The van der Waals surface area contributed by atoms with Gasteiger partial charge in [0.1, 0.15) is 11.4 Å². The van der Waals surface area contributed by atoms with Crippen molar-refractivity contribution in [3.63, 3.8) is 0 Å². The number of aryl methyl sites for hydroxylation is 1. The van der Waals surface area contributed by atoms with E-state index >= 15 is 0 Å². The number of anilines is 2. The number of nitrogens with one attached hydrogen (secondary N) is 1. The van der Waals surface area contributed by atoms with Crippen molar-refractivity contribution in [2.75, 3.05) is 31.6 Å². The van der Waals surface area contributed by atoms with E-state index in [1.165, 1.54) is 4.31 Å². The highest BCUT2D eigenvalue weighted by Gasteiger charge is 2.28. The fourth-order valence-corrected chi connectivity index (χ4v) is 5.70. The molecule has 1 aliphatic rings. The Hall–Kier alpha value is -3.53. The van der Waals surface area contributed by atoms with Crippen LogP contribution < -0.4 is 5.32 Å². The number of rotatable bonds is 5. The van der Waals surface area contributed by atoms with Gasteiger partial charge in [-0.25, -0.2) is 8.42 Å². The molecule has 0 radical (unpaired) electrons. The molecule has 8 nitrogen and oxygen atoms in total. The largest absolute Gasteiger partial charge is 0.508 e. The van der Waals surface area contributed by atoms with Crippen molar-refractivity contribution in [3.8, 4) is 17.0 Å². The van der Waals surface area contributed by atoms with E-state index in [0.29, 0.717) is 48.9 Å². The van der Waals surface area contributed by atoms with Crippen molar-refractivity contribution < 1.29 is 18.3 Å². The number of fused-ring (bicyclic) bond motifs is 1. The van der Waals surface area contributed by atoms with Gasteiger partial charge in [-0.15, -0.1) is 10.2 Å². The van der Waals surface area contributed by atoms with Crippen molar-refractivity contribution in [2.45, 2.75) is 11.8 Å². The first kappa shape index (κ1) is 22.3. The molecule has 0 aliphatic carbocycles. The van der Waals surface area contributed by atoms with E-state index in [0.717, 1.165) is 16.5 Å². The van der Waals surface area contributed by atoms with Crippen molar-refractivity contribution in [1.82, 2.24) is 14.5 Å². The van der Waals surface area contributed by atoms with Gasteiger partial charge in [0.2, 0.25) is 10.0 Å². The summed E-state index contributed by atoms with van der Waals surface area (Å²) in [6.45, 7) is 3.26. The Labute approximate surface area is 197 Å². The highest BCUT2D eigenvalue weighted by Crippen LogP contribution is 2.33. The van der Waals surface area contributed by atoms with E-state index in [1.807, 2.05) is 36.4 Å². The van der Waals surface area contributed by atoms with Gasteiger partial charge in [0.25, 0.3) is 0 Å². The molecule has 2 N–H and O–H groups in total. The molecule has 34 heavy (non-hydrogen) atoms. The molecule has 0 unspecified atom stereocenters. The third-order valence-corrected chi connectivity index (χ3v) is 7.91. The molecule has 3 aromatic carbocycles. The molecule has 0 saturated carbocycles. The van der Waals surface area contributed by atoms with E-state index in [-0.39, 0.29) is 10.6 Å². The van der Waals surface area contributed by atoms with E-state index in [4.69, 9.17) is 4.74 Å². The van der Waals surface area contributed by atoms with Gasteiger partial charge >= 0.3 is 0 Å². The number of phenols is 1. The van der Waals surface area contributed by atoms with Crippen molar-refractivity contribution in [1.29, 1.82) is 0 Å². The quantitative estimate of drug-likeness (QED) is 0.418. The van der Waals surface area contributed by atoms with E-state index in [1.54, 1.807) is 37.3 Å². The predicted octanol–water partition coefficient (Wildman–Crippen LogP) is 4.08. The average molecular weight is 477 g/mol. The van der Waals surface area contributed by atoms with Crippen LogP contribution in [0.4, 0.5) is 11.5 Å². The van der Waals surface area contributed by atoms with Crippen LogP contribution in [0.3, 0.4) is 0 Å². The molecule has 0 atom stereocenters. The smallest absolute Gasteiger partial charge is 0.243 e. The number of hydrogen-bond acceptors (Lipinski definition) is 7. The van der Waals surface area contributed by atoms with E-state index in [9.17, 15) is 13.5 Å². The van der Waals surface area contributed by atoms with Crippen LogP contribution in [-0.2, 0) is 14.8 Å². The first-order chi connectivity index (χ1) is 16.4. The number of aromatic nitrogens is 2. The monoisotopic (exact) mass is 476 g/mol. The van der Waals surface area contributed by atoms with Gasteiger partial charge in [0, 0.05) is 35.1 Å². The lowest BCUT2D eigenvalue weighted by Gasteiger charge is -2.26. The molecule has 0 amide bonds. The first-order valence-electron chi connectivity index (χ1n) is 10.9. The molecule has 5 rings (SSSR count). The standard InChI is InChI=1S/C25H24N4O4S/c1-17-6-7-18(16-23(17)34(31,32)29-12-14-33-15-13-29)24-21-4-2-3-5-22(21)25(28-27-24)26-19-8-10-20(30)11-9-19/h2-11,16,30H,12-15H2,1H3,(H,26,28). The second kappa shape index (κ2) is 9.02. The lowest BCUT2D eigenvalue weighted by molar-refractivity contribution is 0.0730. The van der Waals surface area contributed by atoms with Gasteiger partial charge in [0.05, 0.1) is 18.1 Å². The first-order valence-corrected chi connectivity index (χ1v) is 12.4. The molecular weight excluding hydrogens is 452 g/mol. The number of aromatic hydroxyl groups is 1. The number of hydrogen-bond donors (Lipinski definition) is 2. The zero-order chi connectivity index (χ0) is 23.7. The van der Waals surface area contributed by atoms with Gasteiger partial charge in [-0.05, 0) is 42.8 Å². The normalized spacial score (nSPS) is 14.9. The van der Waals surface area contributed by atoms with E-state index in [2.05, 4.69) is 15.5 Å². The number of morpholine rings is 1. The SMILES string of the molecule is Cc1ccc(-c2nnc(Nc3ccc(O)cc3)c3ccccc23)cc1S(=O)(=O)N1CCOCC1. The number of ether oxygens (including phenoxy) is 1. The fourth-order valence-electron chi connectivity index (χ4n) is 4.04. The molecule has 0 bridgehead atoms. The average Bonchev–Trinajstić information content (AvgIpc) is 2.86. The molecule has 1 saturated heterocycles. The number of nitrogens with zero attached hydrogens (tertiary/aromatic N) is 3. The Morgan fingerprint density at radius 3 is 2.38 bits per heavy atom. The van der Waals surface area contributed by atoms with Gasteiger partial charge in [-0.1, -0.05) is 36.4 Å². The van der Waals surface area contributed by atoms with Crippen LogP contribution in [0.2, 0.25) is 0 Å². The van der Waals surface area contributed by atoms with Crippen LogP contribution in [0.1, 0.15) is 5.56 Å². The third kappa shape index (κ3) is 4.21. The molecule has 1 aromatic heterocycles. The molecular formula is C25H24N4O4S. The third-order valence-electron chi connectivity index (χ3n) is 5.87. The Morgan fingerprint density at radius 2 is 1.65 bits per heavy atom. The zero-order valence-corrected chi connectivity index (χ0v) is 19.4. The number of phenolic OH excluding ortho intramolecular Hbond substituents is 1. The maximum Gasteiger partial charge on any atom is 0.243 e. The van der Waals surface area contributed by atoms with Crippen LogP contribution in [0.5, 0.6) is 5.75 Å². The maximum absolute atomic E-state index is 13.3. The lowest BCUT2D eigenvalue weighted by Crippen LogP contribution is -2.40. The molecule has 2 heterocycles. The van der Waals surface area contributed by atoms with Crippen LogP contribution in [0.15, 0.2) is 71.6 Å².